The average Bonchev–Trinajstić information content (AvgIpc) is 2.87. The molecule has 0 atom stereocenters. The second-order valence-electron chi connectivity index (χ2n) is 4.67. The van der Waals surface area contributed by atoms with Crippen LogP contribution in [0.2, 0.25) is 0 Å². The van der Waals surface area contributed by atoms with Crippen molar-refractivity contribution in [3.05, 3.63) is 48.5 Å². The minimum Gasteiger partial charge on any atom is -0.492 e. The lowest BCUT2D eigenvalue weighted by atomic mass is 10.2. The molecule has 2 aromatic carbocycles. The van der Waals surface area contributed by atoms with E-state index in [0.29, 0.717) is 29.4 Å². The number of ether oxygens (including phenoxy) is 1. The summed E-state index contributed by atoms with van der Waals surface area (Å²) in [4.78, 5) is 12.5. The Morgan fingerprint density at radius 1 is 1.23 bits per heavy atom. The number of hydrogen-bond donors (Lipinski definition) is 2. The van der Waals surface area contributed by atoms with Gasteiger partial charge in [-0.2, -0.15) is 4.68 Å². The maximum atomic E-state index is 12.5. The van der Waals surface area contributed by atoms with Crippen LogP contribution >= 0.6 is 0 Å². The van der Waals surface area contributed by atoms with Crippen LogP contribution in [-0.4, -0.2) is 22.4 Å². The molecule has 1 heterocycles. The molecule has 3 N–H and O–H groups in total. The van der Waals surface area contributed by atoms with Crippen molar-refractivity contribution in [3.8, 4) is 5.75 Å². The van der Waals surface area contributed by atoms with E-state index in [2.05, 4.69) is 10.4 Å². The Morgan fingerprint density at radius 3 is 2.77 bits per heavy atom. The molecule has 0 bridgehead atoms. The summed E-state index contributed by atoms with van der Waals surface area (Å²) in [7, 11) is 0. The van der Waals surface area contributed by atoms with Crippen LogP contribution < -0.4 is 15.8 Å². The van der Waals surface area contributed by atoms with Crippen molar-refractivity contribution in [1.82, 2.24) is 9.78 Å². The Hall–Kier alpha value is -3.02. The molecule has 6 heteroatoms. The van der Waals surface area contributed by atoms with Crippen LogP contribution in [0.1, 0.15) is 6.92 Å². The molecule has 3 aromatic rings. The summed E-state index contributed by atoms with van der Waals surface area (Å²) in [5.74, 6) is 0.937. The van der Waals surface area contributed by atoms with Crippen molar-refractivity contribution >= 4 is 28.4 Å². The Labute approximate surface area is 127 Å². The van der Waals surface area contributed by atoms with Crippen molar-refractivity contribution in [2.24, 2.45) is 0 Å². The van der Waals surface area contributed by atoms with Gasteiger partial charge in [-0.1, -0.05) is 24.3 Å². The minimum atomic E-state index is -0.389. The van der Waals surface area contributed by atoms with Crippen LogP contribution in [0.25, 0.3) is 10.9 Å². The number of rotatable bonds is 3. The zero-order chi connectivity index (χ0) is 15.5. The Bertz CT molecular complexity index is 826. The number of nitrogen functional groups attached to an aromatic ring is 1. The molecule has 1 aromatic heterocycles. The third-order valence-corrected chi connectivity index (χ3v) is 3.24. The van der Waals surface area contributed by atoms with Crippen LogP contribution in [0.5, 0.6) is 5.75 Å². The van der Waals surface area contributed by atoms with Gasteiger partial charge in [-0.15, -0.1) is 5.10 Å². The fraction of sp³-hybridized carbons (Fsp3) is 0.125. The molecule has 0 fully saturated rings. The van der Waals surface area contributed by atoms with E-state index in [1.165, 1.54) is 4.68 Å². The summed E-state index contributed by atoms with van der Waals surface area (Å²) in [5, 5.41) is 7.65. The minimum absolute atomic E-state index is 0.323. The van der Waals surface area contributed by atoms with Gasteiger partial charge in [0.1, 0.15) is 5.75 Å². The third-order valence-electron chi connectivity index (χ3n) is 3.24. The van der Waals surface area contributed by atoms with E-state index < -0.39 is 0 Å². The van der Waals surface area contributed by atoms with E-state index >= 15 is 0 Å². The van der Waals surface area contributed by atoms with E-state index in [0.717, 1.165) is 5.39 Å². The van der Waals surface area contributed by atoms with Gasteiger partial charge in [0, 0.05) is 5.39 Å². The van der Waals surface area contributed by atoms with Gasteiger partial charge in [-0.3, -0.25) is 0 Å². The molecule has 0 unspecified atom stereocenters. The van der Waals surface area contributed by atoms with E-state index in [4.69, 9.17) is 10.5 Å². The number of anilines is 2. The largest absolute Gasteiger partial charge is 0.492 e. The highest BCUT2D eigenvalue weighted by molar-refractivity contribution is 6.01. The molecule has 0 aliphatic carbocycles. The number of hydrogen-bond acceptors (Lipinski definition) is 4. The molecule has 3 rings (SSSR count). The molecule has 0 saturated heterocycles. The molecule has 6 nitrogen and oxygen atoms in total. The normalized spacial score (nSPS) is 10.6. The van der Waals surface area contributed by atoms with Crippen LogP contribution in [0.3, 0.4) is 0 Å². The maximum absolute atomic E-state index is 12.5. The van der Waals surface area contributed by atoms with Gasteiger partial charge >= 0.3 is 6.03 Å². The highest BCUT2D eigenvalue weighted by atomic mass is 16.5. The summed E-state index contributed by atoms with van der Waals surface area (Å²) < 4.78 is 6.75. The summed E-state index contributed by atoms with van der Waals surface area (Å²) in [5.41, 5.74) is 7.10. The van der Waals surface area contributed by atoms with Crippen LogP contribution in [0.15, 0.2) is 48.5 Å². The van der Waals surface area contributed by atoms with E-state index in [9.17, 15) is 4.79 Å². The molecular formula is C16H16N4O2. The monoisotopic (exact) mass is 296 g/mol. The van der Waals surface area contributed by atoms with E-state index in [1.54, 1.807) is 18.2 Å². The highest BCUT2D eigenvalue weighted by Crippen LogP contribution is 2.25. The zero-order valence-corrected chi connectivity index (χ0v) is 12.1. The lowest BCUT2D eigenvalue weighted by molar-refractivity contribution is 0.251. The predicted octanol–water partition coefficient (Wildman–Crippen LogP) is 3.10. The smallest absolute Gasteiger partial charge is 0.347 e. The molecule has 0 aliphatic heterocycles. The Kier molecular flexibility index (Phi) is 3.65. The average molecular weight is 296 g/mol. The SMILES string of the molecule is CCOc1ccccc1NC(=O)n1nc(N)c2ccccc21. The van der Waals surface area contributed by atoms with Crippen molar-refractivity contribution in [1.29, 1.82) is 0 Å². The molecular weight excluding hydrogens is 280 g/mol. The molecule has 22 heavy (non-hydrogen) atoms. The van der Waals surface area contributed by atoms with Crippen molar-refractivity contribution in [2.45, 2.75) is 6.92 Å². The number of nitrogens with one attached hydrogen (secondary N) is 1. The number of fused-ring (bicyclic) bond motifs is 1. The van der Waals surface area contributed by atoms with Gasteiger partial charge in [0.25, 0.3) is 0 Å². The van der Waals surface area contributed by atoms with Crippen LogP contribution in [0, 0.1) is 0 Å². The van der Waals surface area contributed by atoms with Gasteiger partial charge in [-0.25, -0.2) is 4.79 Å². The van der Waals surface area contributed by atoms with Gasteiger partial charge in [0.15, 0.2) is 5.82 Å². The van der Waals surface area contributed by atoms with Gasteiger partial charge in [0.05, 0.1) is 17.8 Å². The number of benzene rings is 2. The summed E-state index contributed by atoms with van der Waals surface area (Å²) >= 11 is 0. The molecule has 0 aliphatic rings. The molecule has 0 radical (unpaired) electrons. The van der Waals surface area contributed by atoms with E-state index in [1.807, 2.05) is 37.3 Å². The lowest BCUT2D eigenvalue weighted by Crippen LogP contribution is -2.21. The third kappa shape index (κ3) is 2.46. The first kappa shape index (κ1) is 13.9. The standard InChI is InChI=1S/C16H16N4O2/c1-2-22-14-10-6-4-8-12(14)18-16(21)20-13-9-5-3-7-11(13)15(17)19-20/h3-10H,2H2,1H3,(H2,17,19)(H,18,21). The van der Waals surface area contributed by atoms with Crippen molar-refractivity contribution in [2.75, 3.05) is 17.7 Å². The number of aromatic nitrogens is 2. The Morgan fingerprint density at radius 2 is 1.95 bits per heavy atom. The fourth-order valence-electron chi connectivity index (χ4n) is 2.26. The van der Waals surface area contributed by atoms with Crippen LogP contribution in [-0.2, 0) is 0 Å². The summed E-state index contributed by atoms with van der Waals surface area (Å²) in [6.07, 6.45) is 0. The highest BCUT2D eigenvalue weighted by Gasteiger charge is 2.15. The molecule has 0 saturated carbocycles. The van der Waals surface area contributed by atoms with Crippen molar-refractivity contribution < 1.29 is 9.53 Å². The van der Waals surface area contributed by atoms with Crippen molar-refractivity contribution in [3.63, 3.8) is 0 Å². The summed E-state index contributed by atoms with van der Waals surface area (Å²) in [6, 6.07) is 14.2. The number of para-hydroxylation sites is 3. The molecule has 1 amide bonds. The van der Waals surface area contributed by atoms with E-state index in [-0.39, 0.29) is 6.03 Å². The second kappa shape index (κ2) is 5.77. The molecule has 112 valence electrons. The lowest BCUT2D eigenvalue weighted by Gasteiger charge is -2.11. The topological polar surface area (TPSA) is 82.2 Å². The Balaban J connectivity index is 1.94. The summed E-state index contributed by atoms with van der Waals surface area (Å²) in [6.45, 7) is 2.41. The first-order valence-corrected chi connectivity index (χ1v) is 6.97. The fourth-order valence-corrected chi connectivity index (χ4v) is 2.26. The number of carbonyl (C=O) groups excluding carboxylic acids is 1. The zero-order valence-electron chi connectivity index (χ0n) is 12.1. The van der Waals surface area contributed by atoms with Gasteiger partial charge in [0.2, 0.25) is 0 Å². The predicted molar refractivity (Wildman–Crippen MR) is 86.2 cm³/mol. The van der Waals surface area contributed by atoms with Gasteiger partial charge < -0.3 is 15.8 Å². The second-order valence-corrected chi connectivity index (χ2v) is 4.67. The number of amides is 1. The quantitative estimate of drug-likeness (QED) is 0.778. The number of carbonyl (C=O) groups is 1. The maximum Gasteiger partial charge on any atom is 0.347 e. The number of nitrogens with two attached hydrogens (primary N) is 1. The first-order valence-electron chi connectivity index (χ1n) is 6.97. The first-order chi connectivity index (χ1) is 10.7. The van der Waals surface area contributed by atoms with Crippen LogP contribution in [0.4, 0.5) is 16.3 Å². The molecule has 0 spiro atoms. The number of nitrogens with zero attached hydrogens (tertiary/aromatic N) is 2. The van der Waals surface area contributed by atoms with Gasteiger partial charge in [-0.05, 0) is 31.2 Å².